The van der Waals surface area contributed by atoms with Gasteiger partial charge in [-0.15, -0.1) is 0 Å². The number of carbonyl (C=O) groups excluding carboxylic acids is 1. The van der Waals surface area contributed by atoms with E-state index < -0.39 is 0 Å². The first-order valence-electron chi connectivity index (χ1n) is 14.9. The number of ether oxygens (including phenoxy) is 1. The molecule has 1 aromatic carbocycles. The fraction of sp³-hybridized carbons (Fsp3) is 0.438. The van der Waals surface area contributed by atoms with Crippen molar-refractivity contribution >= 4 is 39.3 Å². The maximum atomic E-state index is 13.6. The maximum Gasteiger partial charge on any atom is 0.228 e. The molecule has 1 atom stereocenters. The lowest BCUT2D eigenvalue weighted by molar-refractivity contribution is -0.149. The largest absolute Gasteiger partial charge is 0.381 e. The summed E-state index contributed by atoms with van der Waals surface area (Å²) in [5, 5.41) is 15.6. The predicted octanol–water partition coefficient (Wildman–Crippen LogP) is 5.11. The Morgan fingerprint density at radius 1 is 1.19 bits per heavy atom. The van der Waals surface area contributed by atoms with Gasteiger partial charge in [0.25, 0.3) is 0 Å². The average Bonchev–Trinajstić information content (AvgIpc) is 3.33. The van der Waals surface area contributed by atoms with E-state index in [1.165, 1.54) is 29.2 Å². The lowest BCUT2D eigenvalue weighted by atomic mass is 9.72. The molecule has 0 N–H and O–H groups in total. The molecule has 9 nitrogen and oxygen atoms in total. The number of amides is 1. The van der Waals surface area contributed by atoms with Crippen LogP contribution in [0.1, 0.15) is 41.3 Å². The first-order valence-corrected chi connectivity index (χ1v) is 15.7. The SMILES string of the molecule is Cc1cn2nc(C3CC3)c(N(C)c3nc(-c4ccc(F)cc4)c(C#N)s3)c2cc1N1CC2(CN(C(=O)[C@H]3CCOC3)C2)C1. The summed E-state index contributed by atoms with van der Waals surface area (Å²) in [5.74, 6) is 0.369. The molecule has 6 heterocycles. The second-order valence-electron chi connectivity index (χ2n) is 12.6. The van der Waals surface area contributed by atoms with Crippen molar-refractivity contribution in [3.8, 4) is 17.3 Å². The Balaban J connectivity index is 1.08. The van der Waals surface area contributed by atoms with Crippen molar-refractivity contribution in [2.75, 3.05) is 56.2 Å². The fourth-order valence-corrected chi connectivity index (χ4v) is 7.82. The van der Waals surface area contributed by atoms with Crippen molar-refractivity contribution in [2.45, 2.75) is 32.1 Å². The first kappa shape index (κ1) is 26.6. The minimum absolute atomic E-state index is 0.0324. The Morgan fingerprint density at radius 2 is 1.95 bits per heavy atom. The summed E-state index contributed by atoms with van der Waals surface area (Å²) in [4.78, 5) is 24.7. The number of fused-ring (bicyclic) bond motifs is 1. The number of rotatable bonds is 6. The highest BCUT2D eigenvalue weighted by Crippen LogP contribution is 2.49. The van der Waals surface area contributed by atoms with Crippen molar-refractivity contribution in [3.05, 3.63) is 58.5 Å². The third-order valence-electron chi connectivity index (χ3n) is 9.40. The van der Waals surface area contributed by atoms with Gasteiger partial charge in [0.05, 0.1) is 29.4 Å². The number of hydrogen-bond donors (Lipinski definition) is 0. The van der Waals surface area contributed by atoms with Gasteiger partial charge in [-0.2, -0.15) is 10.4 Å². The molecule has 11 heteroatoms. The van der Waals surface area contributed by atoms with Gasteiger partial charge in [-0.05, 0) is 62.1 Å². The monoisotopic (exact) mass is 597 g/mol. The standard InChI is InChI=1S/C32H32FN7O2S/c1-19-13-40-25(11-24(19)38-15-32(16-38)17-39(18-32)30(41)22-9-10-42-14-22)29(28(36-40)21-3-4-21)37(2)31-35-27(26(12-34)43-31)20-5-7-23(33)8-6-20/h5-8,11,13,21-22H,3-4,9-10,14-18H2,1-2H3/t22-/m0/s1. The van der Waals surface area contributed by atoms with Crippen LogP contribution in [0.4, 0.5) is 20.9 Å². The van der Waals surface area contributed by atoms with Crippen LogP contribution in [0, 0.1) is 35.4 Å². The molecule has 1 saturated carbocycles. The van der Waals surface area contributed by atoms with Gasteiger partial charge in [0, 0.05) is 68.6 Å². The summed E-state index contributed by atoms with van der Waals surface area (Å²) in [6.07, 6.45) is 5.16. The van der Waals surface area contributed by atoms with E-state index in [2.05, 4.69) is 35.1 Å². The molecule has 3 aliphatic heterocycles. The summed E-state index contributed by atoms with van der Waals surface area (Å²) in [7, 11) is 1.99. The van der Waals surface area contributed by atoms with Gasteiger partial charge < -0.3 is 19.4 Å². The van der Waals surface area contributed by atoms with Crippen LogP contribution < -0.4 is 9.80 Å². The van der Waals surface area contributed by atoms with E-state index in [0.29, 0.717) is 40.4 Å². The molecule has 8 rings (SSSR count). The van der Waals surface area contributed by atoms with Crippen LogP contribution in [0.25, 0.3) is 16.8 Å². The molecule has 4 aromatic rings. The van der Waals surface area contributed by atoms with Gasteiger partial charge in [0.2, 0.25) is 5.91 Å². The van der Waals surface area contributed by atoms with Crippen molar-refractivity contribution < 1.29 is 13.9 Å². The van der Waals surface area contributed by atoms with Crippen LogP contribution in [-0.4, -0.2) is 71.8 Å². The molecule has 220 valence electrons. The lowest BCUT2D eigenvalue weighted by Gasteiger charge is -2.61. The van der Waals surface area contributed by atoms with Crippen molar-refractivity contribution in [2.24, 2.45) is 11.3 Å². The summed E-state index contributed by atoms with van der Waals surface area (Å²) >= 11 is 1.34. The molecule has 3 aromatic heterocycles. The molecule has 4 aliphatic rings. The van der Waals surface area contributed by atoms with Crippen LogP contribution in [0.15, 0.2) is 36.5 Å². The third-order valence-corrected chi connectivity index (χ3v) is 10.4. The number of nitriles is 1. The molecule has 0 unspecified atom stereocenters. The van der Waals surface area contributed by atoms with Gasteiger partial charge in [0.1, 0.15) is 22.5 Å². The molecular weight excluding hydrogens is 565 g/mol. The number of nitrogens with zero attached hydrogens (tertiary/aromatic N) is 7. The van der Waals surface area contributed by atoms with E-state index in [0.717, 1.165) is 67.9 Å². The van der Waals surface area contributed by atoms with E-state index in [-0.39, 0.29) is 23.1 Å². The van der Waals surface area contributed by atoms with E-state index in [1.807, 2.05) is 16.5 Å². The number of carbonyl (C=O) groups is 1. The predicted molar refractivity (Wildman–Crippen MR) is 162 cm³/mol. The zero-order valence-corrected chi connectivity index (χ0v) is 25.0. The Hall–Kier alpha value is -4.01. The number of aromatic nitrogens is 3. The number of pyridine rings is 1. The topological polar surface area (TPSA) is 90.0 Å². The normalized spacial score (nSPS) is 20.7. The third kappa shape index (κ3) is 4.38. The first-order chi connectivity index (χ1) is 20.8. The Labute approximate surface area is 253 Å². The molecule has 1 spiro atoms. The minimum Gasteiger partial charge on any atom is -0.381 e. The number of anilines is 3. The van der Waals surface area contributed by atoms with E-state index in [1.54, 1.807) is 12.1 Å². The van der Waals surface area contributed by atoms with Crippen LogP contribution in [-0.2, 0) is 9.53 Å². The van der Waals surface area contributed by atoms with E-state index in [9.17, 15) is 14.4 Å². The molecule has 43 heavy (non-hydrogen) atoms. The highest BCUT2D eigenvalue weighted by Gasteiger charge is 2.54. The molecule has 1 aliphatic carbocycles. The highest BCUT2D eigenvalue weighted by atomic mass is 32.1. The summed E-state index contributed by atoms with van der Waals surface area (Å²) < 4.78 is 21.0. The second kappa shape index (κ2) is 9.76. The molecular formula is C32H32FN7O2S. The van der Waals surface area contributed by atoms with Gasteiger partial charge >= 0.3 is 0 Å². The molecule has 0 radical (unpaired) electrons. The molecule has 0 bridgehead atoms. The number of thiazole rings is 1. The summed E-state index contributed by atoms with van der Waals surface area (Å²) in [5.41, 5.74) is 6.89. The molecule has 1 amide bonds. The maximum absolute atomic E-state index is 13.6. The molecule has 4 fully saturated rings. The Bertz CT molecular complexity index is 1780. The number of benzene rings is 1. The van der Waals surface area contributed by atoms with Gasteiger partial charge in [-0.3, -0.25) is 4.79 Å². The van der Waals surface area contributed by atoms with Gasteiger partial charge in [-0.25, -0.2) is 13.9 Å². The number of halogens is 1. The van der Waals surface area contributed by atoms with Gasteiger partial charge in [-0.1, -0.05) is 11.3 Å². The number of aryl methyl sites for hydroxylation is 1. The minimum atomic E-state index is -0.322. The van der Waals surface area contributed by atoms with Crippen molar-refractivity contribution in [1.82, 2.24) is 19.5 Å². The Kier molecular flexibility index (Phi) is 6.04. The quantitative estimate of drug-likeness (QED) is 0.305. The van der Waals surface area contributed by atoms with Crippen LogP contribution in [0.2, 0.25) is 0 Å². The van der Waals surface area contributed by atoms with Gasteiger partial charge in [0.15, 0.2) is 5.13 Å². The zero-order valence-electron chi connectivity index (χ0n) is 24.2. The second-order valence-corrected chi connectivity index (χ2v) is 13.6. The lowest BCUT2D eigenvalue weighted by Crippen LogP contribution is -2.73. The average molecular weight is 598 g/mol. The summed E-state index contributed by atoms with van der Waals surface area (Å²) in [6, 6.07) is 10.6. The van der Waals surface area contributed by atoms with Crippen LogP contribution in [0.3, 0.4) is 0 Å². The highest BCUT2D eigenvalue weighted by molar-refractivity contribution is 7.16. The van der Waals surface area contributed by atoms with Crippen LogP contribution >= 0.6 is 11.3 Å². The Morgan fingerprint density at radius 3 is 2.63 bits per heavy atom. The van der Waals surface area contributed by atoms with E-state index >= 15 is 0 Å². The number of hydrogen-bond acceptors (Lipinski definition) is 8. The van der Waals surface area contributed by atoms with Crippen molar-refractivity contribution in [1.29, 1.82) is 5.26 Å². The van der Waals surface area contributed by atoms with E-state index in [4.69, 9.17) is 14.8 Å². The van der Waals surface area contributed by atoms with Crippen LogP contribution in [0.5, 0.6) is 0 Å². The zero-order chi connectivity index (χ0) is 29.5. The van der Waals surface area contributed by atoms with Crippen molar-refractivity contribution in [3.63, 3.8) is 0 Å². The fourth-order valence-electron chi connectivity index (χ4n) is 6.97. The number of likely N-dealkylation sites (tertiary alicyclic amines) is 1. The summed E-state index contributed by atoms with van der Waals surface area (Å²) in [6.45, 7) is 6.91. The molecule has 3 saturated heterocycles. The smallest absolute Gasteiger partial charge is 0.228 e.